The molecule has 1 aromatic carbocycles. The van der Waals surface area contributed by atoms with E-state index in [9.17, 15) is 13.2 Å². The molecule has 0 saturated carbocycles. The van der Waals surface area contributed by atoms with Gasteiger partial charge >= 0.3 is 6.18 Å². The number of hydrogen-bond acceptors (Lipinski definition) is 0. The van der Waals surface area contributed by atoms with Crippen LogP contribution >= 0.6 is 0 Å². The number of benzene rings is 1. The van der Waals surface area contributed by atoms with Gasteiger partial charge in [-0.3, -0.25) is 0 Å². The van der Waals surface area contributed by atoms with Crippen LogP contribution in [0.2, 0.25) is 0 Å². The summed E-state index contributed by atoms with van der Waals surface area (Å²) in [7, 11) is 0. The predicted octanol–water partition coefficient (Wildman–Crippen LogP) is 4.55. The third-order valence-corrected chi connectivity index (χ3v) is 2.88. The van der Waals surface area contributed by atoms with Crippen molar-refractivity contribution in [3.8, 4) is 0 Å². The van der Waals surface area contributed by atoms with Gasteiger partial charge < -0.3 is 4.57 Å². The molecule has 4 heteroatoms. The Kier molecular flexibility index (Phi) is 2.68. The van der Waals surface area contributed by atoms with Crippen molar-refractivity contribution in [1.82, 2.24) is 4.57 Å². The van der Waals surface area contributed by atoms with Crippen LogP contribution in [0.25, 0.3) is 10.9 Å². The molecule has 0 amide bonds. The van der Waals surface area contributed by atoms with Crippen molar-refractivity contribution in [2.24, 2.45) is 0 Å². The number of fused-ring (bicyclic) bond motifs is 1. The first kappa shape index (κ1) is 12.0. The van der Waals surface area contributed by atoms with Gasteiger partial charge in [0.15, 0.2) is 0 Å². The molecule has 0 spiro atoms. The molecule has 0 aliphatic carbocycles. The number of rotatable bonds is 1. The number of aryl methyl sites for hydroxylation is 1. The molecule has 1 aromatic heterocycles. The lowest BCUT2D eigenvalue weighted by Gasteiger charge is -2.13. The summed E-state index contributed by atoms with van der Waals surface area (Å²) in [5.41, 5.74) is 1.03. The molecular weight excluding hydrogens is 227 g/mol. The van der Waals surface area contributed by atoms with Crippen molar-refractivity contribution in [3.63, 3.8) is 0 Å². The van der Waals surface area contributed by atoms with E-state index in [-0.39, 0.29) is 6.04 Å². The molecule has 1 heterocycles. The quantitative estimate of drug-likeness (QED) is 0.690. The molecule has 17 heavy (non-hydrogen) atoms. The first-order chi connectivity index (χ1) is 7.80. The highest BCUT2D eigenvalue weighted by atomic mass is 19.4. The van der Waals surface area contributed by atoms with Gasteiger partial charge in [-0.05, 0) is 44.4 Å². The Morgan fingerprint density at radius 3 is 2.29 bits per heavy atom. The van der Waals surface area contributed by atoms with Crippen LogP contribution in [0, 0.1) is 6.92 Å². The SMILES string of the molecule is Cc1cc2ccc(C(F)(F)F)cc2n1C(C)C. The van der Waals surface area contributed by atoms with Gasteiger partial charge in [0.2, 0.25) is 0 Å². The van der Waals surface area contributed by atoms with E-state index in [1.807, 2.05) is 31.4 Å². The lowest BCUT2D eigenvalue weighted by Crippen LogP contribution is -2.06. The third-order valence-electron chi connectivity index (χ3n) is 2.88. The highest BCUT2D eigenvalue weighted by Crippen LogP contribution is 2.33. The predicted molar refractivity (Wildman–Crippen MR) is 62.1 cm³/mol. The zero-order valence-corrected chi connectivity index (χ0v) is 9.97. The molecule has 0 N–H and O–H groups in total. The van der Waals surface area contributed by atoms with Gasteiger partial charge in [-0.2, -0.15) is 13.2 Å². The fraction of sp³-hybridized carbons (Fsp3) is 0.385. The maximum absolute atomic E-state index is 12.6. The van der Waals surface area contributed by atoms with E-state index in [1.54, 1.807) is 0 Å². The Morgan fingerprint density at radius 1 is 1.12 bits per heavy atom. The van der Waals surface area contributed by atoms with Crippen LogP contribution in [-0.4, -0.2) is 4.57 Å². The van der Waals surface area contributed by atoms with Crippen LogP contribution < -0.4 is 0 Å². The highest BCUT2D eigenvalue weighted by molar-refractivity contribution is 5.82. The Balaban J connectivity index is 2.71. The van der Waals surface area contributed by atoms with Gasteiger partial charge in [-0.25, -0.2) is 0 Å². The van der Waals surface area contributed by atoms with Crippen molar-refractivity contribution >= 4 is 10.9 Å². The average molecular weight is 241 g/mol. The molecular formula is C13H14F3N. The fourth-order valence-electron chi connectivity index (χ4n) is 2.22. The van der Waals surface area contributed by atoms with Gasteiger partial charge in [0.25, 0.3) is 0 Å². The maximum atomic E-state index is 12.6. The monoisotopic (exact) mass is 241 g/mol. The Hall–Kier alpha value is -1.45. The molecule has 92 valence electrons. The zero-order chi connectivity index (χ0) is 12.8. The van der Waals surface area contributed by atoms with E-state index in [0.717, 1.165) is 17.1 Å². The van der Waals surface area contributed by atoms with Crippen LogP contribution in [-0.2, 0) is 6.18 Å². The van der Waals surface area contributed by atoms with Crippen LogP contribution in [0.5, 0.6) is 0 Å². The van der Waals surface area contributed by atoms with E-state index in [2.05, 4.69) is 0 Å². The topological polar surface area (TPSA) is 4.93 Å². The van der Waals surface area contributed by atoms with E-state index in [0.29, 0.717) is 5.52 Å². The van der Waals surface area contributed by atoms with Gasteiger partial charge in [-0.1, -0.05) is 6.07 Å². The first-order valence-electron chi connectivity index (χ1n) is 5.49. The lowest BCUT2D eigenvalue weighted by atomic mass is 10.1. The molecule has 2 aromatic rings. The molecule has 0 aliphatic heterocycles. The molecule has 0 saturated heterocycles. The molecule has 0 unspecified atom stereocenters. The number of aromatic nitrogens is 1. The first-order valence-corrected chi connectivity index (χ1v) is 5.49. The summed E-state index contributed by atoms with van der Waals surface area (Å²) in [6.07, 6.45) is -4.28. The van der Waals surface area contributed by atoms with Gasteiger partial charge in [0, 0.05) is 17.3 Å². The fourth-order valence-corrected chi connectivity index (χ4v) is 2.22. The summed E-state index contributed by atoms with van der Waals surface area (Å²) in [5, 5.41) is 0.851. The molecule has 1 nitrogen and oxygen atoms in total. The van der Waals surface area contributed by atoms with Crippen molar-refractivity contribution < 1.29 is 13.2 Å². The highest BCUT2D eigenvalue weighted by Gasteiger charge is 2.30. The number of alkyl halides is 3. The van der Waals surface area contributed by atoms with Gasteiger partial charge in [-0.15, -0.1) is 0 Å². The second-order valence-electron chi connectivity index (χ2n) is 4.52. The van der Waals surface area contributed by atoms with Crippen molar-refractivity contribution in [3.05, 3.63) is 35.5 Å². The molecule has 0 aliphatic rings. The minimum absolute atomic E-state index is 0.149. The molecule has 2 rings (SSSR count). The second-order valence-corrected chi connectivity index (χ2v) is 4.52. The van der Waals surface area contributed by atoms with Crippen molar-refractivity contribution in [2.75, 3.05) is 0 Å². The van der Waals surface area contributed by atoms with E-state index < -0.39 is 11.7 Å². The normalized spacial score (nSPS) is 12.6. The maximum Gasteiger partial charge on any atom is 0.416 e. The Labute approximate surface area is 97.9 Å². The van der Waals surface area contributed by atoms with Crippen LogP contribution in [0.4, 0.5) is 13.2 Å². The second kappa shape index (κ2) is 3.79. The van der Waals surface area contributed by atoms with Crippen molar-refractivity contribution in [1.29, 1.82) is 0 Å². The minimum Gasteiger partial charge on any atom is -0.342 e. The van der Waals surface area contributed by atoms with E-state index >= 15 is 0 Å². The average Bonchev–Trinajstić information content (AvgIpc) is 2.50. The van der Waals surface area contributed by atoms with Gasteiger partial charge in [0.1, 0.15) is 0 Å². The molecule has 0 bridgehead atoms. The summed E-state index contributed by atoms with van der Waals surface area (Å²) in [6, 6.07) is 5.95. The number of nitrogens with zero attached hydrogens (tertiary/aromatic N) is 1. The van der Waals surface area contributed by atoms with Gasteiger partial charge in [0.05, 0.1) is 5.56 Å². The summed E-state index contributed by atoms with van der Waals surface area (Å²) < 4.78 is 39.9. The standard InChI is InChI=1S/C13H14F3N/c1-8(2)17-9(3)6-10-4-5-11(7-12(10)17)13(14,15)16/h4-8H,1-3H3. The van der Waals surface area contributed by atoms with Crippen LogP contribution in [0.1, 0.15) is 31.1 Å². The molecule has 0 radical (unpaired) electrons. The lowest BCUT2D eigenvalue weighted by molar-refractivity contribution is -0.137. The van der Waals surface area contributed by atoms with Crippen molar-refractivity contribution in [2.45, 2.75) is 33.0 Å². The summed E-state index contributed by atoms with van der Waals surface area (Å²) in [6.45, 7) is 5.84. The van der Waals surface area contributed by atoms with Crippen LogP contribution in [0.3, 0.4) is 0 Å². The summed E-state index contributed by atoms with van der Waals surface area (Å²) in [4.78, 5) is 0. The smallest absolute Gasteiger partial charge is 0.342 e. The number of hydrogen-bond donors (Lipinski definition) is 0. The number of halogens is 3. The summed E-state index contributed by atoms with van der Waals surface area (Å²) in [5.74, 6) is 0. The van der Waals surface area contributed by atoms with E-state index in [1.165, 1.54) is 12.1 Å². The third kappa shape index (κ3) is 2.04. The Morgan fingerprint density at radius 2 is 1.76 bits per heavy atom. The van der Waals surface area contributed by atoms with Crippen LogP contribution in [0.15, 0.2) is 24.3 Å². The van der Waals surface area contributed by atoms with E-state index in [4.69, 9.17) is 0 Å². The Bertz CT molecular complexity index is 550. The largest absolute Gasteiger partial charge is 0.416 e. The zero-order valence-electron chi connectivity index (χ0n) is 9.97. The minimum atomic E-state index is -4.28. The molecule has 0 atom stereocenters. The summed E-state index contributed by atoms with van der Waals surface area (Å²) >= 11 is 0. The molecule has 0 fully saturated rings.